The Bertz CT molecular complexity index is 449. The summed E-state index contributed by atoms with van der Waals surface area (Å²) in [7, 11) is 2.13. The van der Waals surface area contributed by atoms with Gasteiger partial charge in [-0.25, -0.2) is 0 Å². The molecule has 0 N–H and O–H groups in total. The van der Waals surface area contributed by atoms with Gasteiger partial charge in [0, 0.05) is 12.0 Å². The smallest absolute Gasteiger partial charge is 0.353 e. The van der Waals surface area contributed by atoms with Gasteiger partial charge in [0.2, 0.25) is 0 Å². The molecule has 2 saturated carbocycles. The van der Waals surface area contributed by atoms with Crippen LogP contribution in [0.3, 0.4) is 0 Å². The van der Waals surface area contributed by atoms with E-state index in [4.69, 9.17) is 4.74 Å². The molecule has 3 fully saturated rings. The average molecular weight is 406 g/mol. The van der Waals surface area contributed by atoms with Crippen LogP contribution >= 0.6 is 0 Å². The summed E-state index contributed by atoms with van der Waals surface area (Å²) in [5, 5.41) is 0. The van der Waals surface area contributed by atoms with Crippen molar-refractivity contribution < 1.29 is 24.2 Å². The Labute approximate surface area is 161 Å². The number of likely N-dealkylation sites (N-methyl/N-ethyl adjacent to an activating group) is 1. The third-order valence-electron chi connectivity index (χ3n) is 4.38. The third kappa shape index (κ3) is 4.90. The van der Waals surface area contributed by atoms with Crippen molar-refractivity contribution in [1.29, 1.82) is 0 Å². The molecular weight excluding hydrogens is 383 g/mol. The molecule has 2 nitrogen and oxygen atoms in total. The van der Waals surface area contributed by atoms with Crippen molar-refractivity contribution in [2.75, 3.05) is 7.05 Å². The van der Waals surface area contributed by atoms with Gasteiger partial charge in [-0.3, -0.25) is 4.90 Å². The van der Waals surface area contributed by atoms with Gasteiger partial charge >= 0.3 is 19.5 Å². The van der Waals surface area contributed by atoms with Crippen LogP contribution in [0, 0.1) is 63.7 Å². The van der Waals surface area contributed by atoms with Crippen molar-refractivity contribution in [1.82, 2.24) is 4.90 Å². The van der Waals surface area contributed by atoms with Gasteiger partial charge in [0.15, 0.2) is 0 Å². The Hall–Kier alpha value is -0.237. The fraction of sp³-hybridized carbons (Fsp3) is 0.238. The fourth-order valence-corrected chi connectivity index (χ4v) is 2.96. The fourth-order valence-electron chi connectivity index (χ4n) is 2.96. The topological polar surface area (TPSA) is 12.5 Å². The van der Waals surface area contributed by atoms with Crippen molar-refractivity contribution in [3.8, 4) is 0 Å². The second-order valence-electron chi connectivity index (χ2n) is 5.91. The molecule has 0 unspecified atom stereocenters. The van der Waals surface area contributed by atoms with E-state index in [2.05, 4.69) is 68.8 Å². The van der Waals surface area contributed by atoms with Gasteiger partial charge in [0.05, 0.1) is 6.10 Å². The third-order valence-corrected chi connectivity index (χ3v) is 4.38. The molecule has 24 heavy (non-hydrogen) atoms. The largest absolute Gasteiger partial charge is 2.00 e. The van der Waals surface area contributed by atoms with Crippen LogP contribution in [-0.4, -0.2) is 24.2 Å². The molecule has 0 spiro atoms. The van der Waals surface area contributed by atoms with Crippen molar-refractivity contribution in [3.63, 3.8) is 0 Å². The minimum atomic E-state index is 0. The van der Waals surface area contributed by atoms with Crippen molar-refractivity contribution in [3.05, 3.63) is 99.6 Å². The summed E-state index contributed by atoms with van der Waals surface area (Å²) in [6.07, 6.45) is 18.6. The molecular formula is C21H23NORu+2. The van der Waals surface area contributed by atoms with E-state index in [1.165, 1.54) is 11.5 Å². The zero-order valence-corrected chi connectivity index (χ0v) is 15.8. The van der Waals surface area contributed by atoms with Gasteiger partial charge in [-0.15, -0.1) is 0 Å². The maximum atomic E-state index is 6.24. The van der Waals surface area contributed by atoms with E-state index in [1.54, 1.807) is 0 Å². The molecule has 0 bridgehead atoms. The van der Waals surface area contributed by atoms with E-state index in [9.17, 15) is 0 Å². The Morgan fingerprint density at radius 1 is 0.833 bits per heavy atom. The first-order valence-electron chi connectivity index (χ1n) is 8.08. The zero-order valence-electron chi connectivity index (χ0n) is 14.0. The monoisotopic (exact) mass is 407 g/mol. The number of nitrogens with zero attached hydrogens (tertiary/aromatic N) is 1. The quantitative estimate of drug-likeness (QED) is 0.693. The number of ether oxygens (including phenoxy) is 1. The molecule has 2 aliphatic carbocycles. The molecule has 1 heterocycles. The second kappa shape index (κ2) is 10.0. The molecule has 124 valence electrons. The van der Waals surface area contributed by atoms with Crippen LogP contribution < -0.4 is 0 Å². The molecule has 0 aromatic heterocycles. The summed E-state index contributed by atoms with van der Waals surface area (Å²) in [5.41, 5.74) is 1.26. The van der Waals surface area contributed by atoms with E-state index >= 15 is 0 Å². The number of hydrogen-bond acceptors (Lipinski definition) is 2. The summed E-state index contributed by atoms with van der Waals surface area (Å²) in [6.45, 7) is 2.22. The second-order valence-corrected chi connectivity index (χ2v) is 5.91. The summed E-state index contributed by atoms with van der Waals surface area (Å²) in [6, 6.07) is 10.8. The first-order chi connectivity index (χ1) is 11.3. The molecule has 1 aromatic rings. The SMILES string of the molecule is C[C@H]1[C@H](c2ccccc2)O[C@@H]([C]2[CH][CH][CH][CH]2)N1C.[CH]1[CH][CH][CH][CH]1.[Ru+2]. The summed E-state index contributed by atoms with van der Waals surface area (Å²) in [5.74, 6) is 1.24. The van der Waals surface area contributed by atoms with Gasteiger partial charge < -0.3 is 4.74 Å². The van der Waals surface area contributed by atoms with Crippen LogP contribution in [0.2, 0.25) is 0 Å². The predicted molar refractivity (Wildman–Crippen MR) is 93.2 cm³/mol. The van der Waals surface area contributed by atoms with Crippen LogP contribution in [0.1, 0.15) is 18.6 Å². The maximum absolute atomic E-state index is 6.24. The Morgan fingerprint density at radius 2 is 1.38 bits per heavy atom. The Balaban J connectivity index is 0.000000300. The van der Waals surface area contributed by atoms with Crippen LogP contribution in [0.15, 0.2) is 30.3 Å². The van der Waals surface area contributed by atoms with E-state index in [-0.39, 0.29) is 31.8 Å². The molecule has 1 saturated heterocycles. The molecule has 4 rings (SSSR count). The average Bonchev–Trinajstić information content (AvgIpc) is 3.34. The van der Waals surface area contributed by atoms with Crippen LogP contribution in [0.25, 0.3) is 0 Å². The molecule has 1 aromatic carbocycles. The van der Waals surface area contributed by atoms with E-state index < -0.39 is 0 Å². The summed E-state index contributed by atoms with van der Waals surface area (Å²) in [4.78, 5) is 2.30. The Morgan fingerprint density at radius 3 is 1.92 bits per heavy atom. The van der Waals surface area contributed by atoms with Crippen LogP contribution in [0.5, 0.6) is 0 Å². The summed E-state index contributed by atoms with van der Waals surface area (Å²) < 4.78 is 6.24. The zero-order chi connectivity index (χ0) is 16.1. The molecule has 3 atom stereocenters. The van der Waals surface area contributed by atoms with Gasteiger partial charge in [0.25, 0.3) is 0 Å². The minimum Gasteiger partial charge on any atom is -0.353 e. The first kappa shape index (κ1) is 20.1. The van der Waals surface area contributed by atoms with Crippen molar-refractivity contribution >= 4 is 0 Å². The number of hydrogen-bond donors (Lipinski definition) is 0. The van der Waals surface area contributed by atoms with Crippen LogP contribution in [-0.2, 0) is 24.2 Å². The van der Waals surface area contributed by atoms with E-state index in [1.807, 2.05) is 38.2 Å². The number of rotatable bonds is 2. The number of benzene rings is 1. The van der Waals surface area contributed by atoms with Gasteiger partial charge in [-0.1, -0.05) is 30.3 Å². The molecule has 1 aliphatic heterocycles. The molecule has 0 amide bonds. The van der Waals surface area contributed by atoms with E-state index in [0.717, 1.165) is 0 Å². The normalized spacial score (nSPS) is 30.7. The van der Waals surface area contributed by atoms with Gasteiger partial charge in [-0.2, -0.15) is 0 Å². The molecule has 10 radical (unpaired) electrons. The maximum Gasteiger partial charge on any atom is 2.00 e. The predicted octanol–water partition coefficient (Wildman–Crippen LogP) is 3.83. The van der Waals surface area contributed by atoms with Gasteiger partial charge in [-0.05, 0) is 77.3 Å². The minimum absolute atomic E-state index is 0. The summed E-state index contributed by atoms with van der Waals surface area (Å²) >= 11 is 0. The molecule has 3 heteroatoms. The standard InChI is InChI=1S/C16H18NO.C5H5.Ru/c1-12-15(13-8-4-3-5-9-13)18-16(17(12)2)14-10-6-7-11-14;1-2-4-5-3-1;/h3-12,15-16H,1-2H3;1-5H;/q;;+2/t12-,15+,16-;;/m0../s1. The Kier molecular flexibility index (Phi) is 8.40. The van der Waals surface area contributed by atoms with Gasteiger partial charge in [0.1, 0.15) is 6.23 Å². The first-order valence-corrected chi connectivity index (χ1v) is 8.08. The van der Waals surface area contributed by atoms with Crippen molar-refractivity contribution in [2.45, 2.75) is 25.3 Å². The van der Waals surface area contributed by atoms with Crippen LogP contribution in [0.4, 0.5) is 0 Å². The van der Waals surface area contributed by atoms with E-state index in [0.29, 0.717) is 6.04 Å². The molecule has 3 aliphatic rings. The van der Waals surface area contributed by atoms with Crippen molar-refractivity contribution in [2.24, 2.45) is 0 Å².